The van der Waals surface area contributed by atoms with Gasteiger partial charge in [0.1, 0.15) is 0 Å². The number of carbonyl (C=O) groups is 1. The molecule has 2 heterocycles. The molecule has 1 aliphatic rings. The molecule has 5 aromatic rings. The molecule has 3 N–H and O–H groups in total. The molecule has 2 amide bonds. The van der Waals surface area contributed by atoms with E-state index in [4.69, 9.17) is 14.5 Å². The number of nitrogens with zero attached hydrogens (tertiary/aromatic N) is 1. The van der Waals surface area contributed by atoms with E-state index < -0.39 is 6.29 Å². The Labute approximate surface area is 252 Å². The highest BCUT2D eigenvalue weighted by atomic mass is 32.2. The molecule has 42 heavy (non-hydrogen) atoms. The number of amides is 2. The van der Waals surface area contributed by atoms with Crippen LogP contribution in [-0.2, 0) is 22.6 Å². The van der Waals surface area contributed by atoms with Crippen molar-refractivity contribution in [3.05, 3.63) is 125 Å². The molecule has 1 aliphatic heterocycles. The predicted molar refractivity (Wildman–Crippen MR) is 168 cm³/mol. The summed E-state index contributed by atoms with van der Waals surface area (Å²) >= 11 is 3.40. The monoisotopic (exact) mass is 597 g/mol. The number of carbonyl (C=O) groups excluding carboxylic acids is 1. The summed E-state index contributed by atoms with van der Waals surface area (Å²) < 4.78 is 15.1. The van der Waals surface area contributed by atoms with Crippen LogP contribution in [0, 0.1) is 0 Å². The van der Waals surface area contributed by atoms with Crippen LogP contribution in [0.1, 0.15) is 41.1 Å². The van der Waals surface area contributed by atoms with Gasteiger partial charge in [-0.15, -0.1) is 11.3 Å². The van der Waals surface area contributed by atoms with Gasteiger partial charge in [-0.3, -0.25) is 0 Å². The number of benzene rings is 4. The lowest BCUT2D eigenvalue weighted by molar-refractivity contribution is -0.245. The molecule has 0 aliphatic carbocycles. The van der Waals surface area contributed by atoms with E-state index in [1.54, 1.807) is 23.1 Å². The van der Waals surface area contributed by atoms with Gasteiger partial charge in [0.15, 0.2) is 10.6 Å². The number of hydrogen-bond donors (Lipinski definition) is 3. The van der Waals surface area contributed by atoms with E-state index in [2.05, 4.69) is 16.7 Å². The minimum absolute atomic E-state index is 0.00361. The molecule has 1 aromatic heterocycles. The van der Waals surface area contributed by atoms with Crippen molar-refractivity contribution < 1.29 is 19.4 Å². The first-order valence-electron chi connectivity index (χ1n) is 13.8. The highest BCUT2D eigenvalue weighted by Gasteiger charge is 2.32. The van der Waals surface area contributed by atoms with E-state index in [1.807, 2.05) is 97.1 Å². The Bertz CT molecular complexity index is 1580. The number of thioether (sulfide) groups is 1. The summed E-state index contributed by atoms with van der Waals surface area (Å²) in [6.07, 6.45) is -0.0965. The summed E-state index contributed by atoms with van der Waals surface area (Å²) in [5.41, 5.74) is 5.51. The normalized spacial score (nSPS) is 18.5. The van der Waals surface area contributed by atoms with Gasteiger partial charge in [0.05, 0.1) is 29.0 Å². The van der Waals surface area contributed by atoms with E-state index in [0.717, 1.165) is 37.9 Å². The molecule has 0 radical (unpaired) electrons. The minimum atomic E-state index is -0.566. The predicted octanol–water partition coefficient (Wildman–Crippen LogP) is 7.45. The van der Waals surface area contributed by atoms with Gasteiger partial charge >= 0.3 is 6.03 Å². The zero-order valence-electron chi connectivity index (χ0n) is 22.8. The van der Waals surface area contributed by atoms with Crippen molar-refractivity contribution in [3.63, 3.8) is 0 Å². The largest absolute Gasteiger partial charge is 0.392 e. The Kier molecular flexibility index (Phi) is 9.12. The number of fused-ring (bicyclic) bond motifs is 1. The van der Waals surface area contributed by atoms with Crippen LogP contribution in [0.4, 0.5) is 10.5 Å². The number of aromatic nitrogens is 1. The van der Waals surface area contributed by atoms with Gasteiger partial charge in [-0.1, -0.05) is 90.6 Å². The summed E-state index contributed by atoms with van der Waals surface area (Å²) in [6, 6.07) is 33.1. The number of rotatable bonds is 9. The highest BCUT2D eigenvalue weighted by Crippen LogP contribution is 2.40. The van der Waals surface area contributed by atoms with Crippen LogP contribution in [0.5, 0.6) is 0 Å². The lowest BCUT2D eigenvalue weighted by Gasteiger charge is -2.36. The average molecular weight is 598 g/mol. The van der Waals surface area contributed by atoms with Gasteiger partial charge in [-0.05, 0) is 41.0 Å². The summed E-state index contributed by atoms with van der Waals surface area (Å²) in [7, 11) is 0. The van der Waals surface area contributed by atoms with Crippen molar-refractivity contribution in [2.24, 2.45) is 0 Å². The van der Waals surface area contributed by atoms with Gasteiger partial charge in [0.2, 0.25) is 0 Å². The van der Waals surface area contributed by atoms with E-state index >= 15 is 0 Å². The van der Waals surface area contributed by atoms with E-state index in [9.17, 15) is 9.90 Å². The Morgan fingerprint density at radius 1 is 0.881 bits per heavy atom. The quantitative estimate of drug-likeness (QED) is 0.153. The molecule has 6 rings (SSSR count). The number of aliphatic hydroxyl groups is 1. The third-order valence-electron chi connectivity index (χ3n) is 7.02. The van der Waals surface area contributed by atoms with Gasteiger partial charge in [-0.25, -0.2) is 9.78 Å². The fourth-order valence-corrected chi connectivity index (χ4v) is 6.89. The number of anilines is 1. The minimum Gasteiger partial charge on any atom is -0.392 e. The molecule has 4 aromatic carbocycles. The molecule has 7 nitrogen and oxygen atoms in total. The standard InChI is InChI=1S/C33H31N3O4S2/c37-20-23-10-12-24(13-11-23)29-18-27(21-41-33-36-28-8-4-5-9-30(28)42-33)39-31(40-29)25-14-16-26(17-15-25)35-32(38)34-19-22-6-2-1-3-7-22/h1-17,27,29,31,37H,18-21H2,(H2,34,35,38)/t27-,29+,31+/m1/s1. The molecule has 1 fully saturated rings. The van der Waals surface area contributed by atoms with Crippen LogP contribution in [0.2, 0.25) is 0 Å². The third-order valence-corrected chi connectivity index (χ3v) is 9.33. The van der Waals surface area contributed by atoms with Crippen LogP contribution in [-0.4, -0.2) is 28.0 Å². The van der Waals surface area contributed by atoms with Crippen LogP contribution in [0.15, 0.2) is 107 Å². The van der Waals surface area contributed by atoms with Gasteiger partial charge in [0, 0.05) is 30.0 Å². The molecule has 214 valence electrons. The Hall–Kier alpha value is -3.73. The molecule has 0 spiro atoms. The smallest absolute Gasteiger partial charge is 0.319 e. The van der Waals surface area contributed by atoms with Gasteiger partial charge in [-0.2, -0.15) is 0 Å². The number of para-hydroxylation sites is 1. The third kappa shape index (κ3) is 7.18. The Morgan fingerprint density at radius 3 is 2.38 bits per heavy atom. The molecule has 0 unspecified atom stereocenters. The molecular weight excluding hydrogens is 567 g/mol. The zero-order chi connectivity index (χ0) is 28.7. The first kappa shape index (κ1) is 28.4. The summed E-state index contributed by atoms with van der Waals surface area (Å²) in [6.45, 7) is 0.454. The molecule has 9 heteroatoms. The van der Waals surface area contributed by atoms with Crippen molar-refractivity contribution in [3.8, 4) is 0 Å². The average Bonchev–Trinajstić information content (AvgIpc) is 3.47. The maximum Gasteiger partial charge on any atom is 0.319 e. The fraction of sp³-hybridized carbons (Fsp3) is 0.212. The highest BCUT2D eigenvalue weighted by molar-refractivity contribution is 8.01. The fourth-order valence-electron chi connectivity index (χ4n) is 4.78. The lowest BCUT2D eigenvalue weighted by Crippen LogP contribution is -2.31. The second-order valence-corrected chi connectivity index (χ2v) is 12.3. The van der Waals surface area contributed by atoms with Crippen LogP contribution < -0.4 is 10.6 Å². The van der Waals surface area contributed by atoms with E-state index in [0.29, 0.717) is 18.7 Å². The topological polar surface area (TPSA) is 92.7 Å². The van der Waals surface area contributed by atoms with Crippen molar-refractivity contribution in [2.75, 3.05) is 11.1 Å². The van der Waals surface area contributed by atoms with E-state index in [-0.39, 0.29) is 24.8 Å². The summed E-state index contributed by atoms with van der Waals surface area (Å²) in [5, 5.41) is 15.2. The van der Waals surface area contributed by atoms with E-state index in [1.165, 1.54) is 4.70 Å². The van der Waals surface area contributed by atoms with Crippen molar-refractivity contribution in [1.29, 1.82) is 0 Å². The van der Waals surface area contributed by atoms with Crippen molar-refractivity contribution in [1.82, 2.24) is 10.3 Å². The van der Waals surface area contributed by atoms with Gasteiger partial charge in [0.25, 0.3) is 0 Å². The zero-order valence-corrected chi connectivity index (χ0v) is 24.4. The number of ether oxygens (including phenoxy) is 2. The second-order valence-electron chi connectivity index (χ2n) is 10.0. The number of nitrogens with one attached hydrogen (secondary N) is 2. The number of urea groups is 1. The number of aliphatic hydroxyl groups excluding tert-OH is 1. The molecule has 1 saturated heterocycles. The first-order chi connectivity index (χ1) is 20.6. The SMILES string of the molecule is O=C(NCc1ccccc1)Nc1ccc([C@H]2O[C@@H](CSc3nc4ccccc4s3)C[C@@H](c3ccc(CO)cc3)O2)cc1. The second kappa shape index (κ2) is 13.5. The van der Waals surface area contributed by atoms with Crippen molar-refractivity contribution in [2.45, 2.75) is 42.4 Å². The van der Waals surface area contributed by atoms with Crippen LogP contribution in [0.3, 0.4) is 0 Å². The maximum atomic E-state index is 12.4. The summed E-state index contributed by atoms with van der Waals surface area (Å²) in [5.74, 6) is 0.742. The summed E-state index contributed by atoms with van der Waals surface area (Å²) in [4.78, 5) is 17.2. The molecule has 0 bridgehead atoms. The van der Waals surface area contributed by atoms with Crippen LogP contribution in [0.25, 0.3) is 10.2 Å². The number of hydrogen-bond acceptors (Lipinski definition) is 7. The lowest BCUT2D eigenvalue weighted by atomic mass is 10.0. The Balaban J connectivity index is 1.13. The van der Waals surface area contributed by atoms with Crippen molar-refractivity contribution >= 4 is 45.0 Å². The van der Waals surface area contributed by atoms with Crippen LogP contribution >= 0.6 is 23.1 Å². The maximum absolute atomic E-state index is 12.4. The molecular formula is C33H31N3O4S2. The first-order valence-corrected chi connectivity index (χ1v) is 15.6. The van der Waals surface area contributed by atoms with Gasteiger partial charge < -0.3 is 25.2 Å². The Morgan fingerprint density at radius 2 is 1.62 bits per heavy atom. The molecule has 0 saturated carbocycles. The molecule has 3 atom stereocenters. The number of thiazole rings is 1.